The number of rotatable bonds is 2. The first kappa shape index (κ1) is 8.94. The first-order valence-corrected chi connectivity index (χ1v) is 3.47. The number of hydrogen-bond donors (Lipinski definition) is 0. The maximum absolute atomic E-state index is 10.0. The minimum absolute atomic E-state index is 0.250. The monoisotopic (exact) mass is 173 g/mol. The van der Waals surface area contributed by atoms with Crippen LogP contribution in [0, 0.1) is 11.3 Å². The number of nitrogens with zero attached hydrogens (tertiary/aromatic N) is 2. The Labute approximate surface area is 74.8 Å². The van der Waals surface area contributed by atoms with Gasteiger partial charge >= 0.3 is 0 Å². The lowest BCUT2D eigenvalue weighted by molar-refractivity contribution is -0.297. The van der Waals surface area contributed by atoms with E-state index in [1.54, 1.807) is 6.07 Å². The zero-order chi connectivity index (χ0) is 9.68. The number of carboxylic acid groups (broad SMARTS) is 1. The lowest BCUT2D eigenvalue weighted by Gasteiger charge is -1.93. The van der Waals surface area contributed by atoms with Gasteiger partial charge in [-0.2, -0.15) is 5.26 Å². The summed E-state index contributed by atoms with van der Waals surface area (Å²) in [5, 5.41) is 18.5. The number of carboxylic acids is 1. The van der Waals surface area contributed by atoms with E-state index in [-0.39, 0.29) is 5.69 Å². The highest BCUT2D eigenvalue weighted by atomic mass is 16.4. The molecule has 0 bridgehead atoms. The van der Waals surface area contributed by atoms with Crippen molar-refractivity contribution in [3.8, 4) is 6.07 Å². The van der Waals surface area contributed by atoms with Crippen LogP contribution in [-0.4, -0.2) is 11.0 Å². The van der Waals surface area contributed by atoms with Crippen molar-refractivity contribution in [1.82, 2.24) is 4.98 Å². The Morgan fingerprint density at radius 2 is 2.46 bits per heavy atom. The number of carbonyl (C=O) groups is 1. The normalized spacial score (nSPS) is 9.77. The molecule has 0 amide bonds. The summed E-state index contributed by atoms with van der Waals surface area (Å²) in [4.78, 5) is 13.8. The summed E-state index contributed by atoms with van der Waals surface area (Å²) in [6.07, 6.45) is 3.68. The number of nitriles is 1. The molecule has 4 nitrogen and oxygen atoms in total. The Morgan fingerprint density at radius 1 is 1.69 bits per heavy atom. The first-order valence-electron chi connectivity index (χ1n) is 3.47. The van der Waals surface area contributed by atoms with Gasteiger partial charge < -0.3 is 9.90 Å². The van der Waals surface area contributed by atoms with Crippen LogP contribution in [0.4, 0.5) is 0 Å². The maximum atomic E-state index is 10.0. The van der Waals surface area contributed by atoms with Crippen molar-refractivity contribution in [3.63, 3.8) is 0 Å². The second-order valence-corrected chi connectivity index (χ2v) is 2.24. The first-order chi connectivity index (χ1) is 6.22. The standard InChI is InChI=1S/C9H6N2O2/c10-6-8-5-7(3-4-11-8)1-2-9(12)13/h1-5H,(H,12,13)/p-1/b2-1+. The van der Waals surface area contributed by atoms with Gasteiger partial charge in [0.2, 0.25) is 0 Å². The van der Waals surface area contributed by atoms with Gasteiger partial charge in [-0.25, -0.2) is 4.98 Å². The molecule has 0 spiro atoms. The van der Waals surface area contributed by atoms with Crippen LogP contribution in [0.2, 0.25) is 0 Å². The number of carbonyl (C=O) groups excluding carboxylic acids is 1. The average Bonchev–Trinajstić information content (AvgIpc) is 2.15. The summed E-state index contributed by atoms with van der Waals surface area (Å²) in [6.45, 7) is 0. The van der Waals surface area contributed by atoms with E-state index in [0.717, 1.165) is 6.08 Å². The van der Waals surface area contributed by atoms with Gasteiger partial charge in [-0.3, -0.25) is 0 Å². The highest BCUT2D eigenvalue weighted by Crippen LogP contribution is 2.02. The molecule has 0 aliphatic rings. The Morgan fingerprint density at radius 3 is 3.08 bits per heavy atom. The van der Waals surface area contributed by atoms with Gasteiger partial charge in [0.05, 0.1) is 5.97 Å². The lowest BCUT2D eigenvalue weighted by atomic mass is 10.2. The van der Waals surface area contributed by atoms with Crippen LogP contribution < -0.4 is 5.11 Å². The van der Waals surface area contributed by atoms with Gasteiger partial charge in [-0.15, -0.1) is 0 Å². The van der Waals surface area contributed by atoms with E-state index in [9.17, 15) is 9.90 Å². The third-order valence-corrected chi connectivity index (χ3v) is 1.31. The van der Waals surface area contributed by atoms with E-state index in [1.165, 1.54) is 18.3 Å². The lowest BCUT2D eigenvalue weighted by Crippen LogP contribution is -2.18. The SMILES string of the molecule is N#Cc1cc(/C=C/C(=O)[O-])ccn1. The van der Waals surface area contributed by atoms with Gasteiger partial charge in [0.1, 0.15) is 11.8 Å². The zero-order valence-electron chi connectivity index (χ0n) is 6.60. The number of pyridine rings is 1. The topological polar surface area (TPSA) is 76.8 Å². The van der Waals surface area contributed by atoms with Crippen LogP contribution >= 0.6 is 0 Å². The summed E-state index contributed by atoms with van der Waals surface area (Å²) in [7, 11) is 0. The number of aromatic nitrogens is 1. The largest absolute Gasteiger partial charge is 0.545 e. The molecular formula is C9H5N2O2-. The van der Waals surface area contributed by atoms with E-state index in [2.05, 4.69) is 4.98 Å². The summed E-state index contributed by atoms with van der Waals surface area (Å²) < 4.78 is 0. The molecule has 1 heterocycles. The molecule has 13 heavy (non-hydrogen) atoms. The van der Waals surface area contributed by atoms with Crippen molar-refractivity contribution in [3.05, 3.63) is 35.7 Å². The molecule has 1 aromatic heterocycles. The Hall–Kier alpha value is -2.15. The van der Waals surface area contributed by atoms with Crippen molar-refractivity contribution >= 4 is 12.0 Å². The maximum Gasteiger partial charge on any atom is 0.141 e. The fraction of sp³-hybridized carbons (Fsp3) is 0. The molecule has 64 valence electrons. The van der Waals surface area contributed by atoms with Crippen LogP contribution in [0.15, 0.2) is 24.4 Å². The molecule has 1 aromatic rings. The van der Waals surface area contributed by atoms with Crippen molar-refractivity contribution < 1.29 is 9.90 Å². The molecule has 4 heteroatoms. The average molecular weight is 173 g/mol. The zero-order valence-corrected chi connectivity index (χ0v) is 6.60. The van der Waals surface area contributed by atoms with Gasteiger partial charge in [-0.1, -0.05) is 6.08 Å². The van der Waals surface area contributed by atoms with Gasteiger partial charge in [0.15, 0.2) is 0 Å². The van der Waals surface area contributed by atoms with Crippen LogP contribution in [0.1, 0.15) is 11.3 Å². The van der Waals surface area contributed by atoms with E-state index in [4.69, 9.17) is 5.26 Å². The Balaban J connectivity index is 2.91. The van der Waals surface area contributed by atoms with Gasteiger partial charge in [0.25, 0.3) is 0 Å². The smallest absolute Gasteiger partial charge is 0.141 e. The van der Waals surface area contributed by atoms with E-state index < -0.39 is 5.97 Å². The third kappa shape index (κ3) is 2.75. The summed E-state index contributed by atoms with van der Waals surface area (Å²) in [5.74, 6) is -1.27. The summed E-state index contributed by atoms with van der Waals surface area (Å²) >= 11 is 0. The minimum atomic E-state index is -1.27. The van der Waals surface area contributed by atoms with E-state index in [1.807, 2.05) is 6.07 Å². The predicted octanol–water partition coefficient (Wildman–Crippen LogP) is -0.284. The third-order valence-electron chi connectivity index (χ3n) is 1.31. The van der Waals surface area contributed by atoms with Crippen molar-refractivity contribution in [2.24, 2.45) is 0 Å². The second-order valence-electron chi connectivity index (χ2n) is 2.24. The fourth-order valence-corrected chi connectivity index (χ4v) is 0.776. The molecule has 0 unspecified atom stereocenters. The van der Waals surface area contributed by atoms with Gasteiger partial charge in [-0.05, 0) is 23.8 Å². The quantitative estimate of drug-likeness (QED) is 0.576. The van der Waals surface area contributed by atoms with Crippen molar-refractivity contribution in [1.29, 1.82) is 5.26 Å². The molecule has 1 rings (SSSR count). The van der Waals surface area contributed by atoms with E-state index >= 15 is 0 Å². The molecular weight excluding hydrogens is 168 g/mol. The van der Waals surface area contributed by atoms with Crippen LogP contribution in [0.5, 0.6) is 0 Å². The van der Waals surface area contributed by atoms with Crippen LogP contribution in [-0.2, 0) is 4.79 Å². The summed E-state index contributed by atoms with van der Waals surface area (Å²) in [5.41, 5.74) is 0.858. The molecule has 0 saturated carbocycles. The highest BCUT2D eigenvalue weighted by Gasteiger charge is 1.91. The van der Waals surface area contributed by atoms with Crippen LogP contribution in [0.25, 0.3) is 6.08 Å². The second kappa shape index (κ2) is 4.02. The minimum Gasteiger partial charge on any atom is -0.545 e. The van der Waals surface area contributed by atoms with Gasteiger partial charge in [0, 0.05) is 6.20 Å². The fourth-order valence-electron chi connectivity index (χ4n) is 0.776. The Kier molecular flexibility index (Phi) is 2.77. The summed E-state index contributed by atoms with van der Waals surface area (Å²) in [6, 6.07) is 4.93. The molecule has 0 atom stereocenters. The van der Waals surface area contributed by atoms with Crippen molar-refractivity contribution in [2.45, 2.75) is 0 Å². The molecule has 0 aliphatic carbocycles. The molecule has 0 aliphatic heterocycles. The Bertz CT molecular complexity index is 391. The predicted molar refractivity (Wildman–Crippen MR) is 43.0 cm³/mol. The molecule has 0 radical (unpaired) electrons. The molecule has 0 N–H and O–H groups in total. The molecule has 0 fully saturated rings. The molecule has 0 saturated heterocycles. The number of aliphatic carboxylic acids is 1. The number of hydrogen-bond acceptors (Lipinski definition) is 4. The highest BCUT2D eigenvalue weighted by molar-refractivity contribution is 5.83. The van der Waals surface area contributed by atoms with Crippen LogP contribution in [0.3, 0.4) is 0 Å². The van der Waals surface area contributed by atoms with Crippen molar-refractivity contribution in [2.75, 3.05) is 0 Å². The van der Waals surface area contributed by atoms with E-state index in [0.29, 0.717) is 5.56 Å². The molecule has 0 aromatic carbocycles.